The Kier molecular flexibility index (Phi) is 8.99. The molecule has 0 aromatic rings. The molecule has 2 aliphatic heterocycles. The van der Waals surface area contributed by atoms with Gasteiger partial charge in [-0.15, -0.1) is 24.8 Å². The third-order valence-electron chi connectivity index (χ3n) is 3.98. The summed E-state index contributed by atoms with van der Waals surface area (Å²) in [5.41, 5.74) is 0. The molecule has 0 aromatic carbocycles. The Bertz CT molecular complexity index is 263. The molecule has 0 spiro atoms. The zero-order valence-electron chi connectivity index (χ0n) is 11.9. The van der Waals surface area contributed by atoms with Crippen molar-refractivity contribution in [3.63, 3.8) is 0 Å². The first-order chi connectivity index (χ1) is 8.16. The van der Waals surface area contributed by atoms with Crippen molar-refractivity contribution >= 4 is 30.7 Å². The Balaban J connectivity index is 0.00000162. The van der Waals surface area contributed by atoms with E-state index in [9.17, 15) is 4.79 Å². The van der Waals surface area contributed by atoms with E-state index in [1.807, 2.05) is 4.90 Å². The molecule has 2 saturated heterocycles. The minimum Gasteiger partial charge on any atom is -0.340 e. The van der Waals surface area contributed by atoms with Crippen molar-refractivity contribution in [1.29, 1.82) is 0 Å². The number of amides is 1. The molecule has 19 heavy (non-hydrogen) atoms. The normalized spacial score (nSPS) is 23.9. The SMILES string of the molecule is CC(C)N1CCN(C(=O)CC2CCCN2)CC1.Cl.Cl. The van der Waals surface area contributed by atoms with E-state index in [2.05, 4.69) is 24.1 Å². The summed E-state index contributed by atoms with van der Waals surface area (Å²) in [6.07, 6.45) is 3.08. The highest BCUT2D eigenvalue weighted by Gasteiger charge is 2.25. The van der Waals surface area contributed by atoms with E-state index in [0.717, 1.165) is 39.1 Å². The van der Waals surface area contributed by atoms with Crippen LogP contribution in [0.3, 0.4) is 0 Å². The lowest BCUT2D eigenvalue weighted by Crippen LogP contribution is -2.51. The molecule has 1 amide bonds. The average molecular weight is 312 g/mol. The molecule has 2 rings (SSSR count). The molecule has 1 N–H and O–H groups in total. The van der Waals surface area contributed by atoms with Gasteiger partial charge >= 0.3 is 0 Å². The van der Waals surface area contributed by atoms with E-state index in [-0.39, 0.29) is 24.8 Å². The Morgan fingerprint density at radius 2 is 1.84 bits per heavy atom. The molecular weight excluding hydrogens is 285 g/mol. The fourth-order valence-corrected chi connectivity index (χ4v) is 2.76. The molecule has 0 bridgehead atoms. The van der Waals surface area contributed by atoms with Gasteiger partial charge in [0.2, 0.25) is 5.91 Å². The number of carbonyl (C=O) groups is 1. The molecule has 1 unspecified atom stereocenters. The zero-order valence-corrected chi connectivity index (χ0v) is 13.6. The minimum absolute atomic E-state index is 0. The van der Waals surface area contributed by atoms with Gasteiger partial charge in [0.25, 0.3) is 0 Å². The maximum absolute atomic E-state index is 12.1. The maximum Gasteiger partial charge on any atom is 0.224 e. The number of rotatable bonds is 3. The third kappa shape index (κ3) is 5.46. The smallest absolute Gasteiger partial charge is 0.224 e. The molecule has 6 heteroatoms. The van der Waals surface area contributed by atoms with Crippen LogP contribution in [0.25, 0.3) is 0 Å². The largest absolute Gasteiger partial charge is 0.340 e. The first-order valence-electron chi connectivity index (χ1n) is 6.92. The highest BCUT2D eigenvalue weighted by molar-refractivity contribution is 5.85. The minimum atomic E-state index is 0. The molecule has 0 aliphatic carbocycles. The van der Waals surface area contributed by atoms with Gasteiger partial charge in [-0.3, -0.25) is 9.69 Å². The van der Waals surface area contributed by atoms with Crippen LogP contribution in [0.4, 0.5) is 0 Å². The first-order valence-corrected chi connectivity index (χ1v) is 6.92. The van der Waals surface area contributed by atoms with Crippen molar-refractivity contribution < 1.29 is 4.79 Å². The summed E-state index contributed by atoms with van der Waals surface area (Å²) < 4.78 is 0. The predicted molar refractivity (Wildman–Crippen MR) is 83.4 cm³/mol. The van der Waals surface area contributed by atoms with Crippen LogP contribution in [0.2, 0.25) is 0 Å². The number of nitrogens with one attached hydrogen (secondary N) is 1. The van der Waals surface area contributed by atoms with Crippen LogP contribution in [0.5, 0.6) is 0 Å². The van der Waals surface area contributed by atoms with Crippen LogP contribution in [0, 0.1) is 0 Å². The zero-order chi connectivity index (χ0) is 12.3. The molecule has 2 fully saturated rings. The maximum atomic E-state index is 12.1. The number of carbonyl (C=O) groups excluding carboxylic acids is 1. The van der Waals surface area contributed by atoms with Gasteiger partial charge in [-0.05, 0) is 33.2 Å². The van der Waals surface area contributed by atoms with Crippen molar-refractivity contribution in [3.8, 4) is 0 Å². The van der Waals surface area contributed by atoms with Crippen LogP contribution < -0.4 is 5.32 Å². The molecule has 2 heterocycles. The molecule has 1 atom stereocenters. The molecule has 4 nitrogen and oxygen atoms in total. The second-order valence-electron chi connectivity index (χ2n) is 5.51. The van der Waals surface area contributed by atoms with E-state index >= 15 is 0 Å². The molecule has 2 aliphatic rings. The first kappa shape index (κ1) is 19.0. The molecule has 0 saturated carbocycles. The lowest BCUT2D eigenvalue weighted by atomic mass is 10.1. The van der Waals surface area contributed by atoms with Crippen molar-refractivity contribution in [2.75, 3.05) is 32.7 Å². The van der Waals surface area contributed by atoms with Crippen LogP contribution >= 0.6 is 24.8 Å². The third-order valence-corrected chi connectivity index (χ3v) is 3.98. The van der Waals surface area contributed by atoms with Gasteiger partial charge in [-0.25, -0.2) is 0 Å². The second kappa shape index (κ2) is 9.01. The summed E-state index contributed by atoms with van der Waals surface area (Å²) in [7, 11) is 0. The lowest BCUT2D eigenvalue weighted by Gasteiger charge is -2.37. The molecule has 114 valence electrons. The van der Waals surface area contributed by atoms with Gasteiger partial charge in [0, 0.05) is 44.7 Å². The Labute approximate surface area is 129 Å². The fourth-order valence-electron chi connectivity index (χ4n) is 2.76. The summed E-state index contributed by atoms with van der Waals surface area (Å²) in [6, 6.07) is 1.04. The van der Waals surface area contributed by atoms with Crippen LogP contribution in [-0.4, -0.2) is 60.5 Å². The summed E-state index contributed by atoms with van der Waals surface area (Å²) in [5.74, 6) is 0.341. The molecular formula is C13H27Cl2N3O. The Morgan fingerprint density at radius 1 is 1.21 bits per heavy atom. The summed E-state index contributed by atoms with van der Waals surface area (Å²) in [5, 5.41) is 3.40. The fraction of sp³-hybridized carbons (Fsp3) is 0.923. The average Bonchev–Trinajstić information content (AvgIpc) is 2.82. The Morgan fingerprint density at radius 3 is 2.32 bits per heavy atom. The van der Waals surface area contributed by atoms with Gasteiger partial charge in [0.1, 0.15) is 0 Å². The number of hydrogen-bond donors (Lipinski definition) is 1. The summed E-state index contributed by atoms with van der Waals surface area (Å²) >= 11 is 0. The monoisotopic (exact) mass is 311 g/mol. The number of nitrogens with zero attached hydrogens (tertiary/aromatic N) is 2. The standard InChI is InChI=1S/C13H25N3O.2ClH/c1-11(2)15-6-8-16(9-7-15)13(17)10-12-4-3-5-14-12;;/h11-12,14H,3-10H2,1-2H3;2*1H. The quantitative estimate of drug-likeness (QED) is 0.858. The van der Waals surface area contributed by atoms with Gasteiger partial charge in [-0.1, -0.05) is 0 Å². The van der Waals surface area contributed by atoms with Crippen molar-refractivity contribution in [2.24, 2.45) is 0 Å². The van der Waals surface area contributed by atoms with Crippen molar-refractivity contribution in [1.82, 2.24) is 15.1 Å². The van der Waals surface area contributed by atoms with E-state index in [1.54, 1.807) is 0 Å². The van der Waals surface area contributed by atoms with E-state index in [0.29, 0.717) is 24.4 Å². The van der Waals surface area contributed by atoms with Crippen LogP contribution in [-0.2, 0) is 4.79 Å². The van der Waals surface area contributed by atoms with E-state index in [1.165, 1.54) is 6.42 Å². The number of hydrogen-bond acceptors (Lipinski definition) is 3. The topological polar surface area (TPSA) is 35.6 Å². The van der Waals surface area contributed by atoms with Crippen molar-refractivity contribution in [2.45, 2.75) is 45.2 Å². The number of halogens is 2. The van der Waals surface area contributed by atoms with Crippen LogP contribution in [0.1, 0.15) is 33.1 Å². The number of piperazine rings is 1. The Hall–Kier alpha value is -0.0300. The lowest BCUT2D eigenvalue weighted by molar-refractivity contribution is -0.133. The van der Waals surface area contributed by atoms with Gasteiger partial charge in [0.05, 0.1) is 0 Å². The van der Waals surface area contributed by atoms with E-state index in [4.69, 9.17) is 0 Å². The predicted octanol–water partition coefficient (Wildman–Crippen LogP) is 1.52. The highest BCUT2D eigenvalue weighted by atomic mass is 35.5. The van der Waals surface area contributed by atoms with E-state index < -0.39 is 0 Å². The van der Waals surface area contributed by atoms with Gasteiger partial charge in [0.15, 0.2) is 0 Å². The summed E-state index contributed by atoms with van der Waals surface area (Å²) in [4.78, 5) is 16.6. The second-order valence-corrected chi connectivity index (χ2v) is 5.51. The van der Waals surface area contributed by atoms with Crippen molar-refractivity contribution in [3.05, 3.63) is 0 Å². The molecule has 0 aromatic heterocycles. The van der Waals surface area contributed by atoms with Gasteiger partial charge < -0.3 is 10.2 Å². The summed E-state index contributed by atoms with van der Waals surface area (Å²) in [6.45, 7) is 9.40. The molecule has 0 radical (unpaired) electrons. The van der Waals surface area contributed by atoms with Crippen LogP contribution in [0.15, 0.2) is 0 Å². The highest BCUT2D eigenvalue weighted by Crippen LogP contribution is 2.12. The van der Waals surface area contributed by atoms with Gasteiger partial charge in [-0.2, -0.15) is 0 Å².